The van der Waals surface area contributed by atoms with Crippen LogP contribution in [0.2, 0.25) is 0 Å². The molecular weight excluding hydrogens is 618 g/mol. The molecule has 0 aromatic carbocycles. The Morgan fingerprint density at radius 1 is 0.440 bits per heavy atom. The van der Waals surface area contributed by atoms with Gasteiger partial charge >= 0.3 is 11.9 Å². The Balaban J connectivity index is 4.28. The lowest BCUT2D eigenvalue weighted by Crippen LogP contribution is -2.19. The monoisotopic (exact) mass is 708 g/mol. The Labute approximate surface area is 313 Å². The van der Waals surface area contributed by atoms with Crippen molar-refractivity contribution in [2.45, 2.75) is 203 Å². The Morgan fingerprint density at radius 2 is 0.780 bits per heavy atom. The van der Waals surface area contributed by atoms with Gasteiger partial charge in [0.2, 0.25) is 0 Å². The van der Waals surface area contributed by atoms with Crippen LogP contribution in [0.5, 0.6) is 0 Å². The number of carbonyl (C=O) groups is 2. The third-order valence-electron chi connectivity index (χ3n) is 11.0. The highest BCUT2D eigenvalue weighted by atomic mass is 16.5. The van der Waals surface area contributed by atoms with Crippen molar-refractivity contribution < 1.29 is 19.1 Å². The van der Waals surface area contributed by atoms with Gasteiger partial charge in [-0.05, 0) is 94.2 Å². The first-order valence-corrected chi connectivity index (χ1v) is 21.8. The SMILES string of the molecule is CC(C)CCC(COC(=O)CCCCCCCC(CCCCCCCC(=O)OCC(CCC(C)C)C(C)C)CCCCCCN(C)C)C(C)C. The largest absolute Gasteiger partial charge is 0.465 e. The lowest BCUT2D eigenvalue weighted by atomic mass is 9.89. The molecule has 0 aromatic rings. The van der Waals surface area contributed by atoms with Crippen LogP contribution in [0.3, 0.4) is 0 Å². The van der Waals surface area contributed by atoms with Gasteiger partial charge in [-0.25, -0.2) is 0 Å². The minimum Gasteiger partial charge on any atom is -0.465 e. The lowest BCUT2D eigenvalue weighted by Gasteiger charge is -2.21. The van der Waals surface area contributed by atoms with Gasteiger partial charge in [0.25, 0.3) is 0 Å². The molecule has 0 N–H and O–H groups in total. The fourth-order valence-corrected chi connectivity index (χ4v) is 6.97. The number of hydrogen-bond donors (Lipinski definition) is 0. The summed E-state index contributed by atoms with van der Waals surface area (Å²) in [7, 11) is 4.34. The molecule has 0 bridgehead atoms. The van der Waals surface area contributed by atoms with Crippen molar-refractivity contribution in [1.82, 2.24) is 4.90 Å². The molecule has 0 aliphatic heterocycles. The second kappa shape index (κ2) is 32.5. The van der Waals surface area contributed by atoms with Gasteiger partial charge < -0.3 is 14.4 Å². The molecule has 0 aliphatic carbocycles. The van der Waals surface area contributed by atoms with Crippen LogP contribution in [-0.4, -0.2) is 50.7 Å². The summed E-state index contributed by atoms with van der Waals surface area (Å²) >= 11 is 0. The second-order valence-corrected chi connectivity index (χ2v) is 17.8. The van der Waals surface area contributed by atoms with Crippen LogP contribution < -0.4 is 0 Å². The van der Waals surface area contributed by atoms with Gasteiger partial charge in [0.1, 0.15) is 0 Å². The van der Waals surface area contributed by atoms with Crippen LogP contribution in [0.25, 0.3) is 0 Å². The maximum atomic E-state index is 12.4. The van der Waals surface area contributed by atoms with Crippen LogP contribution >= 0.6 is 0 Å². The van der Waals surface area contributed by atoms with E-state index >= 15 is 0 Å². The summed E-state index contributed by atoms with van der Waals surface area (Å²) in [6, 6.07) is 0. The molecule has 0 amide bonds. The molecule has 50 heavy (non-hydrogen) atoms. The van der Waals surface area contributed by atoms with E-state index in [4.69, 9.17) is 9.47 Å². The number of ether oxygens (including phenoxy) is 2. The molecule has 5 nitrogen and oxygen atoms in total. The zero-order valence-electron chi connectivity index (χ0n) is 35.5. The summed E-state index contributed by atoms with van der Waals surface area (Å²) in [5.41, 5.74) is 0. The average molecular weight is 708 g/mol. The predicted molar refractivity (Wildman–Crippen MR) is 216 cm³/mol. The van der Waals surface area contributed by atoms with Gasteiger partial charge in [0, 0.05) is 12.8 Å². The zero-order valence-corrected chi connectivity index (χ0v) is 35.5. The van der Waals surface area contributed by atoms with E-state index in [0.29, 0.717) is 61.6 Å². The van der Waals surface area contributed by atoms with E-state index in [9.17, 15) is 9.59 Å². The smallest absolute Gasteiger partial charge is 0.305 e. The molecule has 0 rings (SSSR count). The molecule has 2 unspecified atom stereocenters. The first kappa shape index (κ1) is 48.9. The molecule has 0 spiro atoms. The van der Waals surface area contributed by atoms with Crippen LogP contribution in [0.1, 0.15) is 203 Å². The van der Waals surface area contributed by atoms with Gasteiger partial charge in [-0.1, -0.05) is 158 Å². The number of carbonyl (C=O) groups excluding carboxylic acids is 2. The molecule has 0 heterocycles. The fraction of sp³-hybridized carbons (Fsp3) is 0.956. The van der Waals surface area contributed by atoms with Crippen molar-refractivity contribution in [1.29, 1.82) is 0 Å². The van der Waals surface area contributed by atoms with E-state index in [2.05, 4.69) is 74.4 Å². The minimum absolute atomic E-state index is 0.00178. The van der Waals surface area contributed by atoms with E-state index in [1.165, 1.54) is 103 Å². The van der Waals surface area contributed by atoms with Gasteiger partial charge in [-0.2, -0.15) is 0 Å². The van der Waals surface area contributed by atoms with Gasteiger partial charge in [-0.15, -0.1) is 0 Å². The van der Waals surface area contributed by atoms with Crippen LogP contribution in [0.15, 0.2) is 0 Å². The molecule has 0 radical (unpaired) electrons. The topological polar surface area (TPSA) is 55.8 Å². The summed E-state index contributed by atoms with van der Waals surface area (Å²) < 4.78 is 11.4. The number of unbranched alkanes of at least 4 members (excludes halogenated alkanes) is 11. The summed E-state index contributed by atoms with van der Waals surface area (Å²) in [6.07, 6.45) is 27.2. The van der Waals surface area contributed by atoms with Crippen molar-refractivity contribution in [3.05, 3.63) is 0 Å². The number of hydrogen-bond acceptors (Lipinski definition) is 5. The third kappa shape index (κ3) is 31.6. The molecule has 0 fully saturated rings. The Hall–Kier alpha value is -1.10. The molecule has 0 aliphatic rings. The van der Waals surface area contributed by atoms with Crippen molar-refractivity contribution in [3.63, 3.8) is 0 Å². The van der Waals surface area contributed by atoms with Gasteiger partial charge in [-0.3, -0.25) is 9.59 Å². The maximum absolute atomic E-state index is 12.4. The summed E-state index contributed by atoms with van der Waals surface area (Å²) in [4.78, 5) is 27.0. The molecule has 298 valence electrons. The van der Waals surface area contributed by atoms with E-state index in [1.54, 1.807) is 0 Å². The van der Waals surface area contributed by atoms with Crippen LogP contribution in [0.4, 0.5) is 0 Å². The van der Waals surface area contributed by atoms with E-state index in [0.717, 1.165) is 44.4 Å². The van der Waals surface area contributed by atoms with Crippen molar-refractivity contribution in [3.8, 4) is 0 Å². The van der Waals surface area contributed by atoms with Crippen molar-refractivity contribution in [2.75, 3.05) is 33.9 Å². The molecule has 0 saturated carbocycles. The highest BCUT2D eigenvalue weighted by molar-refractivity contribution is 5.69. The Morgan fingerprint density at radius 3 is 1.12 bits per heavy atom. The Bertz CT molecular complexity index is 723. The summed E-state index contributed by atoms with van der Waals surface area (Å²) in [5, 5.41) is 0. The lowest BCUT2D eigenvalue weighted by molar-refractivity contribution is -0.146. The van der Waals surface area contributed by atoms with Crippen LogP contribution in [0, 0.1) is 41.4 Å². The van der Waals surface area contributed by atoms with Crippen molar-refractivity contribution >= 4 is 11.9 Å². The van der Waals surface area contributed by atoms with Crippen LogP contribution in [-0.2, 0) is 19.1 Å². The Kier molecular flexibility index (Phi) is 31.8. The van der Waals surface area contributed by atoms with Gasteiger partial charge in [0.15, 0.2) is 0 Å². The maximum Gasteiger partial charge on any atom is 0.305 e. The normalized spacial score (nSPS) is 13.9. The molecule has 0 saturated heterocycles. The quantitative estimate of drug-likeness (QED) is 0.0485. The second-order valence-electron chi connectivity index (χ2n) is 17.8. The number of rotatable bonds is 35. The molecule has 0 aromatic heterocycles. The fourth-order valence-electron chi connectivity index (χ4n) is 6.97. The number of nitrogens with zero attached hydrogens (tertiary/aromatic N) is 1. The molecule has 5 heteroatoms. The first-order valence-electron chi connectivity index (χ1n) is 21.8. The van der Waals surface area contributed by atoms with E-state index < -0.39 is 0 Å². The van der Waals surface area contributed by atoms with Gasteiger partial charge in [0.05, 0.1) is 13.2 Å². The summed E-state index contributed by atoms with van der Waals surface area (Å²) in [6.45, 7) is 20.4. The minimum atomic E-state index is -0.00178. The average Bonchev–Trinajstić information content (AvgIpc) is 3.04. The van der Waals surface area contributed by atoms with Crippen molar-refractivity contribution in [2.24, 2.45) is 41.4 Å². The number of esters is 2. The highest BCUT2D eigenvalue weighted by Gasteiger charge is 2.18. The highest BCUT2D eigenvalue weighted by Crippen LogP contribution is 2.26. The van der Waals surface area contributed by atoms with E-state index in [1.807, 2.05) is 0 Å². The molecule has 2 atom stereocenters. The first-order chi connectivity index (χ1) is 23.8. The predicted octanol–water partition coefficient (Wildman–Crippen LogP) is 13.1. The molecular formula is C45H89NO4. The standard InChI is InChI=1S/C45H89NO4/c1-37(2)30-32-42(39(5)6)35-49-44(47)28-22-15-11-13-19-25-41(27-21-17-18-24-34-46(9)10)26-20-14-12-16-23-29-45(48)50-36-43(40(7)8)33-31-38(3)4/h37-43H,11-36H2,1-10H3. The third-order valence-corrected chi connectivity index (χ3v) is 11.0. The summed E-state index contributed by atoms with van der Waals surface area (Å²) in [5.74, 6) is 4.33. The zero-order chi connectivity index (χ0) is 37.6. The van der Waals surface area contributed by atoms with E-state index in [-0.39, 0.29) is 11.9 Å².